The topological polar surface area (TPSA) is 202 Å². The van der Waals surface area contributed by atoms with Crippen LogP contribution >= 0.6 is 110 Å². The van der Waals surface area contributed by atoms with Crippen LogP contribution in [0.4, 0.5) is 23.4 Å². The normalized spacial score (nSPS) is 10.0. The number of hydrogen-bond donors (Lipinski definition) is 2. The van der Waals surface area contributed by atoms with Crippen LogP contribution in [-0.2, 0) is 4.74 Å². The van der Waals surface area contributed by atoms with Gasteiger partial charge in [-0.3, -0.25) is 0 Å². The molecule has 6 heterocycles. The number of hydrogen-bond acceptors (Lipinski definition) is 12. The molecular formula is C47H33ClF4I6N11O4-. The van der Waals surface area contributed by atoms with E-state index >= 15 is 0 Å². The van der Waals surface area contributed by atoms with Crippen molar-refractivity contribution < 1.29 is 50.2 Å². The molecule has 0 aliphatic heterocycles. The van der Waals surface area contributed by atoms with E-state index in [0.29, 0.717) is 58.3 Å². The number of nitrogen functional groups attached to an aromatic ring is 1. The largest absolute Gasteiger partial charge is 0.476 e. The Morgan fingerprint density at radius 1 is 0.548 bits per heavy atom. The van der Waals surface area contributed by atoms with Gasteiger partial charge in [0.1, 0.15) is 29.1 Å². The van der Waals surface area contributed by atoms with Crippen LogP contribution in [0.15, 0.2) is 158 Å². The van der Waals surface area contributed by atoms with Crippen LogP contribution in [0, 0.1) is 23.3 Å². The van der Waals surface area contributed by atoms with E-state index in [9.17, 15) is 27.2 Å². The fraction of sp³-hybridized carbons (Fsp3) is 0.0213. The van der Waals surface area contributed by atoms with E-state index in [2.05, 4.69) is 120 Å². The molecule has 0 amide bonds. The predicted molar refractivity (Wildman–Crippen MR) is 311 cm³/mol. The molecule has 0 fully saturated rings. The summed E-state index contributed by atoms with van der Waals surface area (Å²) in [4.78, 5) is 30.2. The molecule has 0 aliphatic rings. The van der Waals surface area contributed by atoms with Gasteiger partial charge in [-0.15, -0.1) is 44.4 Å². The number of carboxylic acids is 1. The van der Waals surface area contributed by atoms with Crippen molar-refractivity contribution in [2.24, 2.45) is 0 Å². The number of aromatic carboxylic acids is 1. The number of imidazole rings is 2. The van der Waals surface area contributed by atoms with Crippen molar-refractivity contribution >= 4 is 139 Å². The van der Waals surface area contributed by atoms with Crippen molar-refractivity contribution in [3.63, 3.8) is 0 Å². The third-order valence-corrected chi connectivity index (χ3v) is 9.33. The zero-order valence-corrected chi connectivity index (χ0v) is 50.8. The first-order valence-corrected chi connectivity index (χ1v) is 39.1. The average molecular weight is 1690 g/mol. The number of aromatic nitrogens is 10. The molecule has 0 bridgehead atoms. The number of benzene rings is 4. The molecule has 3 N–H and O–H groups in total. The van der Waals surface area contributed by atoms with E-state index in [-0.39, 0.29) is 58.6 Å². The maximum atomic E-state index is 12.9. The number of carbonyl (C=O) groups is 2. The molecule has 0 spiro atoms. The van der Waals surface area contributed by atoms with Crippen LogP contribution < -0.4 is 19.0 Å². The predicted octanol–water partition coefficient (Wildman–Crippen LogP) is 10.5. The summed E-state index contributed by atoms with van der Waals surface area (Å²) in [7, 11) is 1.30. The van der Waals surface area contributed by atoms with Gasteiger partial charge in [0.15, 0.2) is 27.8 Å². The van der Waals surface area contributed by atoms with Crippen LogP contribution in [0.2, 0.25) is 5.15 Å². The summed E-state index contributed by atoms with van der Waals surface area (Å²) in [5, 5.41) is 32.9. The molecule has 15 nitrogen and oxygen atoms in total. The number of halogens is 11. The van der Waals surface area contributed by atoms with Crippen LogP contribution in [0.25, 0.3) is 56.3 Å². The second-order valence-electron chi connectivity index (χ2n) is 13.8. The second-order valence-corrected chi connectivity index (χ2v) is 30.4. The third kappa shape index (κ3) is 18.9. The zero-order chi connectivity index (χ0) is 52.2. The molecule has 0 saturated carbocycles. The van der Waals surface area contributed by atoms with E-state index in [0.717, 1.165) is 22.3 Å². The Hall–Kier alpha value is -4.59. The van der Waals surface area contributed by atoms with Crippen LogP contribution in [0.5, 0.6) is 0 Å². The number of nitrogens with zero attached hydrogens (tertiary/aromatic N) is 10. The van der Waals surface area contributed by atoms with Crippen molar-refractivity contribution in [3.8, 4) is 45.0 Å². The first kappa shape index (κ1) is 61.0. The monoisotopic (exact) mass is 1690 g/mol. The van der Waals surface area contributed by atoms with Crippen molar-refractivity contribution in [2.45, 2.75) is 0 Å². The number of fused-ring (bicyclic) bond motifs is 2. The molecule has 0 aliphatic carbocycles. The van der Waals surface area contributed by atoms with Gasteiger partial charge in [0, 0.05) is 59.5 Å². The summed E-state index contributed by atoms with van der Waals surface area (Å²) in [5.41, 5.74) is 12.3. The van der Waals surface area contributed by atoms with Crippen molar-refractivity contribution in [1.82, 2.24) is 49.6 Å². The van der Waals surface area contributed by atoms with E-state index < -0.39 is 11.9 Å². The summed E-state index contributed by atoms with van der Waals surface area (Å²) >= 11 is 15.1. The fourth-order valence-electron chi connectivity index (χ4n) is 5.83. The van der Waals surface area contributed by atoms with E-state index in [1.807, 2.05) is 0 Å². The van der Waals surface area contributed by atoms with Gasteiger partial charge in [0.25, 0.3) is 0 Å². The molecule has 10 aromatic rings. The van der Waals surface area contributed by atoms with Gasteiger partial charge in [-0.25, -0.2) is 46.1 Å². The van der Waals surface area contributed by atoms with Gasteiger partial charge in [0.2, 0.25) is 0 Å². The Bertz CT molecular complexity index is 3140. The van der Waals surface area contributed by atoms with E-state index in [1.54, 1.807) is 97.1 Å². The van der Waals surface area contributed by atoms with Crippen molar-refractivity contribution in [1.29, 1.82) is 0 Å². The number of ether oxygens (including phenoxy) is 1. The Morgan fingerprint density at radius 3 is 1.23 bits per heavy atom. The average Bonchev–Trinajstić information content (AvgIpc) is 4.04. The second kappa shape index (κ2) is 31.3. The Morgan fingerprint density at radius 2 is 0.890 bits per heavy atom. The summed E-state index contributed by atoms with van der Waals surface area (Å²) < 4.78 is 58.5. The number of methoxy groups -OCH3 is 1. The van der Waals surface area contributed by atoms with Crippen LogP contribution in [0.1, 0.15) is 21.0 Å². The Kier molecular flexibility index (Phi) is 26.2. The van der Waals surface area contributed by atoms with Gasteiger partial charge in [-0.1, -0.05) is 11.6 Å². The van der Waals surface area contributed by atoms with Gasteiger partial charge in [0.05, 0.1) is 42.3 Å². The van der Waals surface area contributed by atoms with Crippen molar-refractivity contribution in [2.75, 3.05) is 12.8 Å². The van der Waals surface area contributed by atoms with E-state index in [4.69, 9.17) is 22.4 Å². The fourth-order valence-corrected chi connectivity index (χ4v) is 5.93. The molecule has 378 valence electrons. The minimum Gasteiger partial charge on any atom is -0.476 e. The first-order valence-electron chi connectivity index (χ1n) is 19.9. The minimum absolute atomic E-state index is 0. The summed E-state index contributed by atoms with van der Waals surface area (Å²) in [6, 6.07) is 37.7. The molecule has 0 saturated heterocycles. The number of anilines is 1. The number of carboxylic acid groups (broad SMARTS) is 1. The summed E-state index contributed by atoms with van der Waals surface area (Å²) in [5.74, 6) is -2.40. The Labute approximate surface area is 488 Å². The van der Waals surface area contributed by atoms with Gasteiger partial charge < -0.3 is 15.6 Å². The van der Waals surface area contributed by atoms with Gasteiger partial charge >= 0.3 is 62.4 Å². The summed E-state index contributed by atoms with van der Waals surface area (Å²) in [6.45, 7) is 0. The quantitative estimate of drug-likeness (QED) is 0.0906. The maximum Gasteiger partial charge on any atom is 0.356 e. The smallest absolute Gasteiger partial charge is 0.356 e. The minimum atomic E-state index is -1.10. The molecule has 6 aromatic heterocycles. The van der Waals surface area contributed by atoms with Gasteiger partial charge in [-0.05, 0) is 146 Å². The Balaban J connectivity index is 0.000000206. The number of carbonyl (C=O) groups excluding carboxylic acids is 1. The van der Waals surface area contributed by atoms with E-state index in [1.165, 1.54) is 77.1 Å². The third-order valence-electron chi connectivity index (χ3n) is 9.13. The van der Waals surface area contributed by atoms with Gasteiger partial charge in [-0.2, -0.15) is 10.2 Å². The molecule has 0 unspecified atom stereocenters. The molecule has 26 heteroatoms. The van der Waals surface area contributed by atoms with Crippen LogP contribution in [0.3, 0.4) is 0 Å². The molecule has 73 heavy (non-hydrogen) atoms. The van der Waals surface area contributed by atoms with Crippen molar-refractivity contribution in [3.05, 3.63) is 198 Å². The SMILES string of the molecule is COC(=O)c1cn2nc(-c3ccc(F)cc3)ccc2n1.Fc1ccc(-c2ccc(Cl)nn2)cc1.I.II.I[I-]I.Nc1ccc(-c2ccc(F)cc2)nn1.O=C(O)c1cn2nc(-c3ccc(F)cc3)ccc2n1. The first-order chi connectivity index (χ1) is 34.7. The zero-order valence-electron chi connectivity index (χ0n) is 36.9. The summed E-state index contributed by atoms with van der Waals surface area (Å²) in [6.07, 6.45) is 2.83. The number of esters is 1. The molecule has 4 aromatic carbocycles. The maximum absolute atomic E-state index is 12.9. The molecule has 0 atom stereocenters. The number of nitrogens with two attached hydrogens (primary N) is 1. The standard InChI is InChI=1S/C14H10FN3O2.C13H8FN3O2.C10H6ClFN2.C10H8FN3.I3.I2.HI/c1-20-14(19)12-8-18-13(16-12)7-6-11(17-18)9-2-4-10(15)5-3-9;14-9-3-1-8(2-4-9)10-5-6-12-15-11(13(18)19)7-17(12)16-10;11-10-6-5-9(13-14-10)7-1-3-8(12)4-2-7;11-8-3-1-7(2-4-8)9-5-6-10(12)14-13-9;1-3-2;1-2;/h2-8H,1H3;1-7H,(H,18,19);1-6H;1-6H,(H2,12,14);;;1H/q;;;;-1;;. The van der Waals surface area contributed by atoms with Crippen LogP contribution in [-0.4, -0.2) is 73.7 Å². The molecule has 0 radical (unpaired) electrons. The number of rotatable bonds is 6. The molecular weight excluding hydrogens is 1660 g/mol. The molecule has 10 rings (SSSR count).